The Hall–Kier alpha value is -2.51. The average molecular weight is 371 g/mol. The first-order valence-corrected chi connectivity index (χ1v) is 9.21. The number of phenolic OH excluding ortho intramolecular Hbond substituents is 1. The van der Waals surface area contributed by atoms with Crippen LogP contribution < -0.4 is 10.9 Å². The van der Waals surface area contributed by atoms with Crippen molar-refractivity contribution in [1.29, 1.82) is 0 Å². The summed E-state index contributed by atoms with van der Waals surface area (Å²) in [5.74, 6) is 0.300. The van der Waals surface area contributed by atoms with Crippen LogP contribution in [0.2, 0.25) is 0 Å². The van der Waals surface area contributed by atoms with E-state index in [0.29, 0.717) is 10.8 Å². The zero-order chi connectivity index (χ0) is 17.8. The first-order chi connectivity index (χ1) is 12.0. The van der Waals surface area contributed by atoms with E-state index in [1.54, 1.807) is 6.20 Å². The van der Waals surface area contributed by atoms with E-state index in [4.69, 9.17) is 0 Å². The lowest BCUT2D eigenvalue weighted by molar-refractivity contribution is 0.108. The summed E-state index contributed by atoms with van der Waals surface area (Å²) in [6.45, 7) is 3.69. The number of hydrogen-bond acceptors (Lipinski definition) is 7. The summed E-state index contributed by atoms with van der Waals surface area (Å²) in [4.78, 5) is 17.3. The fourth-order valence-corrected chi connectivity index (χ4v) is 3.73. The van der Waals surface area contributed by atoms with Crippen molar-refractivity contribution in [3.63, 3.8) is 0 Å². The number of thioether (sulfide) groups is 1. The van der Waals surface area contributed by atoms with Gasteiger partial charge in [-0.15, -0.1) is 0 Å². The van der Waals surface area contributed by atoms with Gasteiger partial charge in [0.25, 0.3) is 5.12 Å². The van der Waals surface area contributed by atoms with Crippen molar-refractivity contribution in [2.24, 2.45) is 0 Å². The lowest BCUT2D eigenvalue weighted by atomic mass is 10.1. The van der Waals surface area contributed by atoms with Gasteiger partial charge in [-0.3, -0.25) is 10.2 Å². The number of thiazole rings is 1. The summed E-state index contributed by atoms with van der Waals surface area (Å²) in [5, 5.41) is 10.9. The molecule has 3 rings (SSSR count). The number of hydrogen-bond donors (Lipinski definition) is 3. The van der Waals surface area contributed by atoms with Crippen molar-refractivity contribution >= 4 is 38.9 Å². The molecule has 0 aliphatic carbocycles. The summed E-state index contributed by atoms with van der Waals surface area (Å²) in [6, 6.07) is 13.2. The minimum Gasteiger partial charge on any atom is -0.507 e. The number of aromatic nitrogens is 1. The Kier molecular flexibility index (Phi) is 5.25. The molecule has 2 aromatic carbocycles. The van der Waals surface area contributed by atoms with E-state index in [1.807, 2.05) is 56.3 Å². The Morgan fingerprint density at radius 2 is 1.80 bits per heavy atom. The van der Waals surface area contributed by atoms with E-state index in [2.05, 4.69) is 15.8 Å². The standard InChI is InChI=1S/C18H17N3O2S2/c1-11-8-13(9-12(2)16(11)22)20-21-15-10-19-17(25-15)18(23)24-14-6-4-3-5-7-14/h3-10,20-22H,1-2H3. The zero-order valence-electron chi connectivity index (χ0n) is 13.7. The van der Waals surface area contributed by atoms with E-state index in [1.165, 1.54) is 11.3 Å². The minimum atomic E-state index is -0.0828. The highest BCUT2D eigenvalue weighted by Crippen LogP contribution is 2.28. The van der Waals surface area contributed by atoms with Crippen molar-refractivity contribution < 1.29 is 9.90 Å². The quantitative estimate of drug-likeness (QED) is 0.339. The van der Waals surface area contributed by atoms with Crippen LogP contribution in [0.3, 0.4) is 0 Å². The lowest BCUT2D eigenvalue weighted by Gasteiger charge is -2.10. The number of aromatic hydroxyl groups is 1. The highest BCUT2D eigenvalue weighted by molar-refractivity contribution is 8.14. The SMILES string of the molecule is Cc1cc(NNc2cnc(C(=O)Sc3ccccc3)s2)cc(C)c1O. The predicted molar refractivity (Wildman–Crippen MR) is 104 cm³/mol. The van der Waals surface area contributed by atoms with Crippen LogP contribution in [0.5, 0.6) is 5.75 Å². The Labute approximate surface area is 154 Å². The Morgan fingerprint density at radius 3 is 2.48 bits per heavy atom. The molecule has 0 spiro atoms. The molecule has 0 fully saturated rings. The molecular weight excluding hydrogens is 354 g/mol. The minimum absolute atomic E-state index is 0.0828. The number of hydrazine groups is 1. The Morgan fingerprint density at radius 1 is 1.12 bits per heavy atom. The topological polar surface area (TPSA) is 74.2 Å². The second-order valence-corrected chi connectivity index (χ2v) is 7.52. The molecule has 3 N–H and O–H groups in total. The number of carbonyl (C=O) groups excluding carboxylic acids is 1. The van der Waals surface area contributed by atoms with Gasteiger partial charge in [0, 0.05) is 4.90 Å². The first-order valence-electron chi connectivity index (χ1n) is 7.58. The molecule has 3 aromatic rings. The molecule has 0 saturated heterocycles. The van der Waals surface area contributed by atoms with Crippen LogP contribution >= 0.6 is 23.1 Å². The van der Waals surface area contributed by atoms with Gasteiger partial charge < -0.3 is 10.5 Å². The first kappa shape index (κ1) is 17.3. The van der Waals surface area contributed by atoms with Crippen molar-refractivity contribution in [3.8, 4) is 5.75 Å². The van der Waals surface area contributed by atoms with Gasteiger partial charge in [-0.25, -0.2) is 4.98 Å². The van der Waals surface area contributed by atoms with Gasteiger partial charge in [-0.05, 0) is 61.0 Å². The number of rotatable bonds is 5. The molecule has 128 valence electrons. The number of carbonyl (C=O) groups is 1. The average Bonchev–Trinajstić information content (AvgIpc) is 3.08. The Bertz CT molecular complexity index is 871. The fourth-order valence-electron chi connectivity index (χ4n) is 2.23. The second kappa shape index (κ2) is 7.58. The van der Waals surface area contributed by atoms with Crippen molar-refractivity contribution in [2.75, 3.05) is 10.9 Å². The molecule has 0 aliphatic rings. The van der Waals surface area contributed by atoms with Gasteiger partial charge in [0.15, 0.2) is 5.01 Å². The van der Waals surface area contributed by atoms with Gasteiger partial charge in [-0.2, -0.15) is 0 Å². The predicted octanol–water partition coefficient (Wildman–Crippen LogP) is 4.84. The molecule has 0 amide bonds. The van der Waals surface area contributed by atoms with Gasteiger partial charge in [-0.1, -0.05) is 29.5 Å². The van der Waals surface area contributed by atoms with Crippen molar-refractivity contribution in [1.82, 2.24) is 4.98 Å². The fraction of sp³-hybridized carbons (Fsp3) is 0.111. The molecule has 25 heavy (non-hydrogen) atoms. The maximum absolute atomic E-state index is 12.3. The van der Waals surface area contributed by atoms with Crippen LogP contribution in [0.4, 0.5) is 10.7 Å². The Balaban J connectivity index is 1.63. The molecule has 0 aliphatic heterocycles. The monoisotopic (exact) mass is 371 g/mol. The van der Waals surface area contributed by atoms with Crippen LogP contribution in [0.25, 0.3) is 0 Å². The summed E-state index contributed by atoms with van der Waals surface area (Å²) >= 11 is 2.45. The number of nitrogens with zero attached hydrogens (tertiary/aromatic N) is 1. The largest absolute Gasteiger partial charge is 0.507 e. The number of nitrogens with one attached hydrogen (secondary N) is 2. The number of aryl methyl sites for hydroxylation is 2. The molecule has 0 unspecified atom stereocenters. The van der Waals surface area contributed by atoms with E-state index in [0.717, 1.165) is 38.5 Å². The molecule has 7 heteroatoms. The number of anilines is 2. The molecule has 0 atom stereocenters. The molecule has 0 bridgehead atoms. The third-order valence-electron chi connectivity index (χ3n) is 3.46. The van der Waals surface area contributed by atoms with Gasteiger partial charge in [0.05, 0.1) is 11.9 Å². The van der Waals surface area contributed by atoms with Crippen LogP contribution in [-0.2, 0) is 0 Å². The van der Waals surface area contributed by atoms with Gasteiger partial charge in [0.1, 0.15) is 10.8 Å². The molecule has 1 aromatic heterocycles. The molecule has 0 radical (unpaired) electrons. The van der Waals surface area contributed by atoms with Crippen LogP contribution in [0.1, 0.15) is 20.9 Å². The van der Waals surface area contributed by atoms with Crippen LogP contribution in [0, 0.1) is 13.8 Å². The normalized spacial score (nSPS) is 10.5. The highest BCUT2D eigenvalue weighted by atomic mass is 32.2. The number of benzene rings is 2. The highest BCUT2D eigenvalue weighted by Gasteiger charge is 2.13. The summed E-state index contributed by atoms with van der Waals surface area (Å²) < 4.78 is 0. The lowest BCUT2D eigenvalue weighted by Crippen LogP contribution is -2.07. The maximum Gasteiger partial charge on any atom is 0.252 e. The molecule has 0 saturated carbocycles. The van der Waals surface area contributed by atoms with Crippen LogP contribution in [-0.4, -0.2) is 15.2 Å². The van der Waals surface area contributed by atoms with Crippen molar-refractivity contribution in [2.45, 2.75) is 18.7 Å². The third-order valence-corrected chi connectivity index (χ3v) is 5.38. The maximum atomic E-state index is 12.3. The van der Waals surface area contributed by atoms with Crippen LogP contribution in [0.15, 0.2) is 53.6 Å². The van der Waals surface area contributed by atoms with E-state index in [9.17, 15) is 9.90 Å². The van der Waals surface area contributed by atoms with E-state index >= 15 is 0 Å². The molecule has 1 heterocycles. The van der Waals surface area contributed by atoms with E-state index < -0.39 is 0 Å². The second-order valence-electron chi connectivity index (χ2n) is 5.44. The molecule has 5 nitrogen and oxygen atoms in total. The van der Waals surface area contributed by atoms with Gasteiger partial charge >= 0.3 is 0 Å². The molecular formula is C18H17N3O2S2. The zero-order valence-corrected chi connectivity index (χ0v) is 15.4. The summed E-state index contributed by atoms with van der Waals surface area (Å²) in [6.07, 6.45) is 1.62. The summed E-state index contributed by atoms with van der Waals surface area (Å²) in [5.41, 5.74) is 8.52. The van der Waals surface area contributed by atoms with E-state index in [-0.39, 0.29) is 5.12 Å². The van der Waals surface area contributed by atoms with Gasteiger partial charge in [0.2, 0.25) is 0 Å². The third kappa shape index (κ3) is 4.32. The smallest absolute Gasteiger partial charge is 0.252 e. The van der Waals surface area contributed by atoms with Crippen molar-refractivity contribution in [3.05, 3.63) is 64.8 Å². The summed E-state index contributed by atoms with van der Waals surface area (Å²) in [7, 11) is 0. The number of phenols is 1.